The van der Waals surface area contributed by atoms with Crippen molar-refractivity contribution in [2.24, 2.45) is 0 Å². The van der Waals surface area contributed by atoms with E-state index in [0.29, 0.717) is 0 Å². The lowest BCUT2D eigenvalue weighted by Crippen LogP contribution is -1.96. The van der Waals surface area contributed by atoms with Crippen LogP contribution >= 0.6 is 0 Å². The van der Waals surface area contributed by atoms with Gasteiger partial charge in [0.15, 0.2) is 5.65 Å². The molecule has 2 aliphatic carbocycles. The summed E-state index contributed by atoms with van der Waals surface area (Å²) in [5.74, 6) is 0. The van der Waals surface area contributed by atoms with Gasteiger partial charge in [0.05, 0.1) is 16.6 Å². The van der Waals surface area contributed by atoms with E-state index in [9.17, 15) is 0 Å². The molecule has 0 radical (unpaired) electrons. The van der Waals surface area contributed by atoms with E-state index in [-0.39, 0.29) is 0 Å². The maximum atomic E-state index is 4.97. The third-order valence-corrected chi connectivity index (χ3v) is 7.92. The van der Waals surface area contributed by atoms with Gasteiger partial charge >= 0.3 is 0 Å². The molecule has 4 nitrogen and oxygen atoms in total. The first kappa shape index (κ1) is 17.8. The fraction of sp³-hybridized carbons (Fsp3) is 0.0645. The second-order valence-corrected chi connectivity index (χ2v) is 9.68. The van der Waals surface area contributed by atoms with Crippen LogP contribution in [0.25, 0.3) is 60.9 Å². The fourth-order valence-corrected chi connectivity index (χ4v) is 6.47. The van der Waals surface area contributed by atoms with Gasteiger partial charge < -0.3 is 0 Å². The first-order chi connectivity index (χ1) is 17.3. The van der Waals surface area contributed by atoms with E-state index in [1.54, 1.807) is 0 Å². The summed E-state index contributed by atoms with van der Waals surface area (Å²) in [7, 11) is 0. The second-order valence-electron chi connectivity index (χ2n) is 9.68. The summed E-state index contributed by atoms with van der Waals surface area (Å²) in [6.45, 7) is 0. The molecule has 4 aromatic heterocycles. The zero-order valence-corrected chi connectivity index (χ0v) is 18.8. The number of benzene rings is 3. The van der Waals surface area contributed by atoms with Crippen molar-refractivity contribution < 1.29 is 0 Å². The number of aromatic nitrogens is 4. The molecule has 35 heavy (non-hydrogen) atoms. The Morgan fingerprint density at radius 3 is 2.43 bits per heavy atom. The first-order valence-electron chi connectivity index (χ1n) is 12.0. The third-order valence-electron chi connectivity index (χ3n) is 7.92. The second kappa shape index (κ2) is 6.10. The van der Waals surface area contributed by atoms with Crippen molar-refractivity contribution in [3.05, 3.63) is 107 Å². The van der Waals surface area contributed by atoms with Gasteiger partial charge in [-0.15, -0.1) is 0 Å². The van der Waals surface area contributed by atoms with Gasteiger partial charge in [0.1, 0.15) is 5.65 Å². The molecule has 7 aromatic rings. The van der Waals surface area contributed by atoms with Crippen molar-refractivity contribution in [1.29, 1.82) is 0 Å². The highest BCUT2D eigenvalue weighted by Crippen LogP contribution is 2.47. The van der Waals surface area contributed by atoms with Crippen LogP contribution in [0.2, 0.25) is 0 Å². The highest BCUT2D eigenvalue weighted by atomic mass is 15.1. The molecule has 0 saturated heterocycles. The maximum Gasteiger partial charge on any atom is 0.178 e. The zero-order chi connectivity index (χ0) is 22.7. The number of imidazole rings is 1. The molecule has 4 heterocycles. The molecule has 0 N–H and O–H groups in total. The predicted molar refractivity (Wildman–Crippen MR) is 140 cm³/mol. The van der Waals surface area contributed by atoms with Crippen LogP contribution < -0.4 is 0 Å². The standard InChI is InChI=1S/C31H18N4/c1-2-6-20-17(5-1)13-18-14-19-15-25-21(24(19)16-23(18)20)9-10-22-28(25)29-26(7-3-11-32-29)35-27-8-4-12-33-30(27)34-31(22)35/h1-12,14,16H,13,15H2. The van der Waals surface area contributed by atoms with E-state index < -0.39 is 0 Å². The van der Waals surface area contributed by atoms with Crippen LogP contribution in [0.15, 0.2) is 85.2 Å². The highest BCUT2D eigenvalue weighted by Gasteiger charge is 2.28. The summed E-state index contributed by atoms with van der Waals surface area (Å²) in [5, 5.41) is 2.36. The molecule has 0 spiro atoms. The van der Waals surface area contributed by atoms with Crippen molar-refractivity contribution in [1.82, 2.24) is 19.4 Å². The van der Waals surface area contributed by atoms with Gasteiger partial charge in [-0.25, -0.2) is 9.97 Å². The SMILES string of the molecule is c1ccc2c(c1)Cc1cc3c(cc1-2)-c1ccc2c(c1C3)c1ncccc1n1c3cccnc3nc21. The summed E-state index contributed by atoms with van der Waals surface area (Å²) in [6, 6.07) is 26.4. The average molecular weight is 447 g/mol. The van der Waals surface area contributed by atoms with Crippen molar-refractivity contribution in [2.75, 3.05) is 0 Å². The van der Waals surface area contributed by atoms with Crippen LogP contribution in [0, 0.1) is 0 Å². The lowest BCUT2D eigenvalue weighted by molar-refractivity contribution is 1.22. The molecule has 0 amide bonds. The summed E-state index contributed by atoms with van der Waals surface area (Å²) < 4.78 is 2.22. The van der Waals surface area contributed by atoms with Gasteiger partial charge in [0.2, 0.25) is 0 Å². The number of fused-ring (bicyclic) bond motifs is 15. The van der Waals surface area contributed by atoms with Gasteiger partial charge in [0.25, 0.3) is 0 Å². The van der Waals surface area contributed by atoms with E-state index in [2.05, 4.69) is 70.0 Å². The van der Waals surface area contributed by atoms with Crippen LogP contribution in [0.5, 0.6) is 0 Å². The zero-order valence-electron chi connectivity index (χ0n) is 18.8. The summed E-state index contributed by atoms with van der Waals surface area (Å²) >= 11 is 0. The lowest BCUT2D eigenvalue weighted by Gasteiger charge is -2.12. The Hall–Kier alpha value is -4.57. The topological polar surface area (TPSA) is 43.1 Å². The van der Waals surface area contributed by atoms with Crippen LogP contribution in [0.1, 0.15) is 22.3 Å². The summed E-state index contributed by atoms with van der Waals surface area (Å²) in [6.07, 6.45) is 5.65. The number of rotatable bonds is 0. The molecule has 0 atom stereocenters. The van der Waals surface area contributed by atoms with Crippen molar-refractivity contribution in [2.45, 2.75) is 12.8 Å². The van der Waals surface area contributed by atoms with Crippen LogP contribution in [0.3, 0.4) is 0 Å². The summed E-state index contributed by atoms with van der Waals surface area (Å²) in [4.78, 5) is 14.4. The minimum Gasteiger partial charge on any atom is -0.288 e. The predicted octanol–water partition coefficient (Wildman–Crippen LogP) is 6.73. The van der Waals surface area contributed by atoms with Crippen LogP contribution in [0.4, 0.5) is 0 Å². The molecule has 0 fully saturated rings. The van der Waals surface area contributed by atoms with E-state index >= 15 is 0 Å². The van der Waals surface area contributed by atoms with Gasteiger partial charge in [-0.2, -0.15) is 0 Å². The minimum atomic E-state index is 0.768. The lowest BCUT2D eigenvalue weighted by atomic mass is 9.96. The fourth-order valence-electron chi connectivity index (χ4n) is 6.47. The van der Waals surface area contributed by atoms with Gasteiger partial charge in [-0.3, -0.25) is 9.38 Å². The van der Waals surface area contributed by atoms with Crippen molar-refractivity contribution in [3.8, 4) is 22.3 Å². The average Bonchev–Trinajstić information content (AvgIpc) is 3.58. The van der Waals surface area contributed by atoms with E-state index in [4.69, 9.17) is 9.97 Å². The molecule has 9 rings (SSSR count). The number of pyridine rings is 3. The summed E-state index contributed by atoms with van der Waals surface area (Å²) in [5.41, 5.74) is 15.9. The Balaban J connectivity index is 1.40. The first-order valence-corrected chi connectivity index (χ1v) is 12.0. The monoisotopic (exact) mass is 446 g/mol. The molecule has 0 aliphatic heterocycles. The molecular weight excluding hydrogens is 428 g/mol. The molecule has 0 saturated carbocycles. The Morgan fingerprint density at radius 2 is 1.46 bits per heavy atom. The van der Waals surface area contributed by atoms with E-state index in [1.807, 2.05) is 24.5 Å². The van der Waals surface area contributed by atoms with Crippen molar-refractivity contribution in [3.63, 3.8) is 0 Å². The molecule has 0 bridgehead atoms. The maximum absolute atomic E-state index is 4.97. The van der Waals surface area contributed by atoms with Crippen molar-refractivity contribution >= 4 is 38.6 Å². The smallest absolute Gasteiger partial charge is 0.178 e. The number of hydrogen-bond donors (Lipinski definition) is 0. The Bertz CT molecular complexity index is 2070. The Labute approximate surface area is 200 Å². The van der Waals surface area contributed by atoms with E-state index in [0.717, 1.165) is 46.1 Å². The Kier molecular flexibility index (Phi) is 3.11. The molecule has 2 aliphatic rings. The molecule has 162 valence electrons. The quantitative estimate of drug-likeness (QED) is 0.243. The van der Waals surface area contributed by atoms with E-state index in [1.165, 1.54) is 49.9 Å². The Morgan fingerprint density at radius 1 is 0.629 bits per heavy atom. The molecule has 3 aromatic carbocycles. The molecule has 0 unspecified atom stereocenters. The number of nitrogens with zero attached hydrogens (tertiary/aromatic N) is 4. The molecular formula is C31H18N4. The largest absolute Gasteiger partial charge is 0.288 e. The third kappa shape index (κ3) is 2.15. The molecule has 4 heteroatoms. The number of hydrogen-bond acceptors (Lipinski definition) is 3. The normalized spacial score (nSPS) is 13.5. The van der Waals surface area contributed by atoms with Gasteiger partial charge in [0, 0.05) is 23.2 Å². The minimum absolute atomic E-state index is 0.768. The van der Waals surface area contributed by atoms with Gasteiger partial charge in [-0.1, -0.05) is 36.4 Å². The highest BCUT2D eigenvalue weighted by molar-refractivity contribution is 6.15. The van der Waals surface area contributed by atoms with Crippen LogP contribution in [-0.4, -0.2) is 19.4 Å². The van der Waals surface area contributed by atoms with Gasteiger partial charge in [-0.05, 0) is 93.7 Å². The van der Waals surface area contributed by atoms with Crippen LogP contribution in [-0.2, 0) is 12.8 Å².